The van der Waals surface area contributed by atoms with Gasteiger partial charge in [-0.15, -0.1) is 0 Å². The summed E-state index contributed by atoms with van der Waals surface area (Å²) in [6, 6.07) is 18.1. The first kappa shape index (κ1) is 26.4. The fraction of sp³-hybridized carbons (Fsp3) is 0.200. The second-order valence-electron chi connectivity index (χ2n) is 7.47. The molecule has 0 radical (unpaired) electrons. The zero-order chi connectivity index (χ0) is 26.3. The van der Waals surface area contributed by atoms with Crippen LogP contribution in [0.4, 0.5) is 11.4 Å². The maximum Gasteiger partial charge on any atom is 0.340 e. The number of benzene rings is 3. The summed E-state index contributed by atoms with van der Waals surface area (Å²) in [6.07, 6.45) is 0.991. The van der Waals surface area contributed by atoms with Crippen molar-refractivity contribution in [1.29, 1.82) is 0 Å². The fourth-order valence-corrected chi connectivity index (χ4v) is 4.14. The molecule has 0 aliphatic rings. The lowest BCUT2D eigenvalue weighted by atomic mass is 10.1. The molecule has 0 unspecified atom stereocenters. The van der Waals surface area contributed by atoms with Crippen LogP contribution in [0.3, 0.4) is 0 Å². The zero-order valence-electron chi connectivity index (χ0n) is 20.2. The van der Waals surface area contributed by atoms with Crippen LogP contribution >= 0.6 is 0 Å². The van der Waals surface area contributed by atoms with Gasteiger partial charge in [-0.25, -0.2) is 13.2 Å². The molecule has 0 saturated carbocycles. The SMILES string of the molecule is COC(=O)c1cc(OC)c(OC)cc1NC(=O)CN(c1ccc(Oc2ccccc2)cc1)S(C)(=O)=O. The van der Waals surface area contributed by atoms with Crippen molar-refractivity contribution in [2.24, 2.45) is 0 Å². The molecule has 36 heavy (non-hydrogen) atoms. The Morgan fingerprint density at radius 3 is 2.00 bits per heavy atom. The maximum absolute atomic E-state index is 12.9. The highest BCUT2D eigenvalue weighted by molar-refractivity contribution is 7.92. The van der Waals surface area contributed by atoms with Gasteiger partial charge in [0, 0.05) is 12.1 Å². The van der Waals surface area contributed by atoms with Gasteiger partial charge in [-0.05, 0) is 36.4 Å². The molecule has 3 rings (SSSR count). The standard InChI is InChI=1S/C25H26N2O8S/c1-32-22-14-20(25(29)34-3)21(15-23(22)33-2)26-24(28)16-27(36(4,30)31)17-10-12-19(13-11-17)35-18-8-6-5-7-9-18/h5-15H,16H2,1-4H3,(H,26,28). The number of sulfonamides is 1. The van der Waals surface area contributed by atoms with E-state index in [1.54, 1.807) is 24.3 Å². The summed E-state index contributed by atoms with van der Waals surface area (Å²) in [5, 5.41) is 2.56. The Balaban J connectivity index is 1.84. The number of methoxy groups -OCH3 is 3. The minimum atomic E-state index is -3.84. The second kappa shape index (κ2) is 11.5. The molecule has 0 spiro atoms. The third-order valence-electron chi connectivity index (χ3n) is 4.99. The van der Waals surface area contributed by atoms with Crippen molar-refractivity contribution >= 4 is 33.3 Å². The van der Waals surface area contributed by atoms with Crippen LogP contribution < -0.4 is 23.8 Å². The molecule has 0 aromatic heterocycles. The van der Waals surface area contributed by atoms with Crippen molar-refractivity contribution in [3.8, 4) is 23.0 Å². The summed E-state index contributed by atoms with van der Waals surface area (Å²) in [5.41, 5.74) is 0.343. The van der Waals surface area contributed by atoms with E-state index in [9.17, 15) is 18.0 Å². The quantitative estimate of drug-likeness (QED) is 0.407. The van der Waals surface area contributed by atoms with Crippen LogP contribution in [0.25, 0.3) is 0 Å². The summed E-state index contributed by atoms with van der Waals surface area (Å²) in [5.74, 6) is 0.223. The van der Waals surface area contributed by atoms with Gasteiger partial charge < -0.3 is 24.3 Å². The molecule has 3 aromatic carbocycles. The number of anilines is 2. The molecule has 1 amide bonds. The number of hydrogen-bond donors (Lipinski definition) is 1. The van der Waals surface area contributed by atoms with Crippen molar-refractivity contribution in [2.75, 3.05) is 43.8 Å². The third-order valence-corrected chi connectivity index (χ3v) is 6.13. The first-order valence-electron chi connectivity index (χ1n) is 10.6. The maximum atomic E-state index is 12.9. The predicted molar refractivity (Wildman–Crippen MR) is 135 cm³/mol. The minimum Gasteiger partial charge on any atom is -0.493 e. The van der Waals surface area contributed by atoms with E-state index in [0.717, 1.165) is 10.6 Å². The number of nitrogens with one attached hydrogen (secondary N) is 1. The van der Waals surface area contributed by atoms with Gasteiger partial charge in [-0.1, -0.05) is 18.2 Å². The van der Waals surface area contributed by atoms with Crippen LogP contribution in [0.15, 0.2) is 66.7 Å². The van der Waals surface area contributed by atoms with E-state index in [1.807, 2.05) is 18.2 Å². The number of carbonyl (C=O) groups is 2. The normalized spacial score (nSPS) is 10.8. The average molecular weight is 515 g/mol. The van der Waals surface area contributed by atoms with Crippen LogP contribution in [-0.4, -0.2) is 54.4 Å². The molecule has 0 bridgehead atoms. The highest BCUT2D eigenvalue weighted by atomic mass is 32.2. The lowest BCUT2D eigenvalue weighted by molar-refractivity contribution is -0.114. The number of hydrogen-bond acceptors (Lipinski definition) is 8. The average Bonchev–Trinajstić information content (AvgIpc) is 2.87. The van der Waals surface area contributed by atoms with Crippen LogP contribution in [-0.2, 0) is 19.6 Å². The molecule has 0 heterocycles. The fourth-order valence-electron chi connectivity index (χ4n) is 3.29. The smallest absolute Gasteiger partial charge is 0.340 e. The van der Waals surface area contributed by atoms with Crippen molar-refractivity contribution in [3.05, 3.63) is 72.3 Å². The van der Waals surface area contributed by atoms with E-state index < -0.39 is 28.4 Å². The number of rotatable bonds is 10. The molecule has 0 aliphatic heterocycles. The molecule has 1 N–H and O–H groups in total. The Bertz CT molecular complexity index is 1330. The van der Waals surface area contributed by atoms with Gasteiger partial charge in [0.25, 0.3) is 0 Å². The molecule has 10 nitrogen and oxygen atoms in total. The topological polar surface area (TPSA) is 120 Å². The van der Waals surface area contributed by atoms with Crippen molar-refractivity contribution in [3.63, 3.8) is 0 Å². The summed E-state index contributed by atoms with van der Waals surface area (Å²) < 4.78 is 46.9. The lowest BCUT2D eigenvalue weighted by Crippen LogP contribution is -2.37. The van der Waals surface area contributed by atoms with E-state index in [-0.39, 0.29) is 28.4 Å². The van der Waals surface area contributed by atoms with E-state index in [1.165, 1.54) is 45.6 Å². The number of ether oxygens (including phenoxy) is 4. The first-order valence-corrected chi connectivity index (χ1v) is 12.5. The van der Waals surface area contributed by atoms with Gasteiger partial charge in [0.05, 0.1) is 44.5 Å². The third kappa shape index (κ3) is 6.45. The van der Waals surface area contributed by atoms with E-state index in [2.05, 4.69) is 5.32 Å². The number of para-hydroxylation sites is 1. The van der Waals surface area contributed by atoms with Crippen molar-refractivity contribution < 1.29 is 37.0 Å². The summed E-state index contributed by atoms with van der Waals surface area (Å²) >= 11 is 0. The van der Waals surface area contributed by atoms with Gasteiger partial charge in [0.1, 0.15) is 18.0 Å². The second-order valence-corrected chi connectivity index (χ2v) is 9.38. The molecule has 0 aliphatic carbocycles. The summed E-state index contributed by atoms with van der Waals surface area (Å²) in [6.45, 7) is -0.549. The molecule has 3 aromatic rings. The Morgan fingerprint density at radius 1 is 0.861 bits per heavy atom. The van der Waals surface area contributed by atoms with Gasteiger partial charge in [0.15, 0.2) is 11.5 Å². The van der Waals surface area contributed by atoms with Gasteiger partial charge >= 0.3 is 5.97 Å². The molecule has 0 fully saturated rings. The monoisotopic (exact) mass is 514 g/mol. The Kier molecular flexibility index (Phi) is 8.38. The number of amides is 1. The van der Waals surface area contributed by atoms with Crippen molar-refractivity contribution in [1.82, 2.24) is 0 Å². The molecular formula is C25H26N2O8S. The number of carbonyl (C=O) groups excluding carboxylic acids is 2. The number of esters is 1. The Morgan fingerprint density at radius 2 is 1.44 bits per heavy atom. The predicted octanol–water partition coefficient (Wildman–Crippen LogP) is 3.69. The van der Waals surface area contributed by atoms with Crippen LogP contribution in [0.1, 0.15) is 10.4 Å². The first-order chi connectivity index (χ1) is 17.2. The minimum absolute atomic E-state index is 0.0109. The van der Waals surface area contributed by atoms with Gasteiger partial charge in [0.2, 0.25) is 15.9 Å². The summed E-state index contributed by atoms with van der Waals surface area (Å²) in [4.78, 5) is 25.2. The Hall–Kier alpha value is -4.25. The van der Waals surface area contributed by atoms with Crippen LogP contribution in [0.5, 0.6) is 23.0 Å². The summed E-state index contributed by atoms with van der Waals surface area (Å²) in [7, 11) is 0.160. The number of nitrogens with zero attached hydrogens (tertiary/aromatic N) is 1. The van der Waals surface area contributed by atoms with Crippen LogP contribution in [0.2, 0.25) is 0 Å². The molecule has 11 heteroatoms. The highest BCUT2D eigenvalue weighted by Gasteiger charge is 2.24. The lowest BCUT2D eigenvalue weighted by Gasteiger charge is -2.22. The molecule has 0 saturated heterocycles. The Labute approximate surface area is 209 Å². The zero-order valence-corrected chi connectivity index (χ0v) is 21.0. The van der Waals surface area contributed by atoms with Crippen molar-refractivity contribution in [2.45, 2.75) is 0 Å². The van der Waals surface area contributed by atoms with Gasteiger partial charge in [-0.3, -0.25) is 9.10 Å². The van der Waals surface area contributed by atoms with Crippen LogP contribution in [0, 0.1) is 0 Å². The van der Waals surface area contributed by atoms with E-state index >= 15 is 0 Å². The van der Waals surface area contributed by atoms with E-state index in [0.29, 0.717) is 11.5 Å². The molecular weight excluding hydrogens is 488 g/mol. The highest BCUT2D eigenvalue weighted by Crippen LogP contribution is 2.34. The largest absolute Gasteiger partial charge is 0.493 e. The molecule has 0 atom stereocenters. The van der Waals surface area contributed by atoms with E-state index in [4.69, 9.17) is 18.9 Å². The molecule has 190 valence electrons. The van der Waals surface area contributed by atoms with Gasteiger partial charge in [-0.2, -0.15) is 0 Å².